The van der Waals surface area contributed by atoms with Crippen molar-refractivity contribution in [2.24, 2.45) is 0 Å². The zero-order chi connectivity index (χ0) is 25.0. The monoisotopic (exact) mass is 554 g/mol. The van der Waals surface area contributed by atoms with E-state index in [-0.39, 0.29) is 15.3 Å². The standard InChI is InChI=1S/C25H28Cl2N2O4S2/c1-18-6-8-19(9-7-18)17-33-22(20-4-3-5-21(14-20)32-2)16-28-10-12-29(13-11-28)35(30,31)23-15-24(26)34-25(23)27/h3-9,14-15,22H,10-13,16-17H2,1-2H3/t22-/m1/s1. The highest BCUT2D eigenvalue weighted by molar-refractivity contribution is 7.89. The van der Waals surface area contributed by atoms with E-state index in [4.69, 9.17) is 32.7 Å². The fraction of sp³-hybridized carbons (Fsp3) is 0.360. The normalized spacial score (nSPS) is 16.3. The van der Waals surface area contributed by atoms with Gasteiger partial charge < -0.3 is 9.47 Å². The number of ether oxygens (including phenoxy) is 2. The molecule has 0 radical (unpaired) electrons. The molecule has 6 nitrogen and oxygen atoms in total. The van der Waals surface area contributed by atoms with Crippen LogP contribution in [-0.4, -0.2) is 57.5 Å². The summed E-state index contributed by atoms with van der Waals surface area (Å²) in [6.45, 7) is 5.09. The Morgan fingerprint density at radius 3 is 2.37 bits per heavy atom. The second-order valence-corrected chi connectivity index (χ2v) is 12.6. The summed E-state index contributed by atoms with van der Waals surface area (Å²) < 4.78 is 39.9. The molecule has 1 aliphatic rings. The minimum Gasteiger partial charge on any atom is -0.497 e. The maximum Gasteiger partial charge on any atom is 0.245 e. The number of aryl methyl sites for hydroxylation is 1. The highest BCUT2D eigenvalue weighted by atomic mass is 35.5. The second-order valence-electron chi connectivity index (χ2n) is 8.46. The van der Waals surface area contributed by atoms with Crippen molar-refractivity contribution in [3.8, 4) is 5.75 Å². The highest BCUT2D eigenvalue weighted by Gasteiger charge is 2.32. The Morgan fingerprint density at radius 1 is 1.03 bits per heavy atom. The molecule has 1 aromatic heterocycles. The molecule has 0 saturated carbocycles. The van der Waals surface area contributed by atoms with Crippen LogP contribution < -0.4 is 4.74 Å². The van der Waals surface area contributed by atoms with Gasteiger partial charge in [-0.1, -0.05) is 65.2 Å². The van der Waals surface area contributed by atoms with E-state index in [0.717, 1.165) is 28.2 Å². The molecule has 0 unspecified atom stereocenters. The number of thiophene rings is 1. The Bertz CT molecular complexity index is 1240. The van der Waals surface area contributed by atoms with Crippen LogP contribution in [0.1, 0.15) is 22.8 Å². The molecular formula is C25H28Cl2N2O4S2. The van der Waals surface area contributed by atoms with Crippen molar-refractivity contribution < 1.29 is 17.9 Å². The van der Waals surface area contributed by atoms with Gasteiger partial charge >= 0.3 is 0 Å². The van der Waals surface area contributed by atoms with Crippen molar-refractivity contribution in [1.29, 1.82) is 0 Å². The van der Waals surface area contributed by atoms with Crippen molar-refractivity contribution >= 4 is 44.6 Å². The number of hydrogen-bond acceptors (Lipinski definition) is 6. The van der Waals surface area contributed by atoms with Gasteiger partial charge in [0.25, 0.3) is 0 Å². The van der Waals surface area contributed by atoms with Crippen LogP contribution >= 0.6 is 34.5 Å². The molecule has 35 heavy (non-hydrogen) atoms. The van der Waals surface area contributed by atoms with Crippen LogP contribution in [0.25, 0.3) is 0 Å². The van der Waals surface area contributed by atoms with Crippen molar-refractivity contribution in [3.63, 3.8) is 0 Å². The largest absolute Gasteiger partial charge is 0.497 e. The van der Waals surface area contributed by atoms with E-state index in [9.17, 15) is 8.42 Å². The Morgan fingerprint density at radius 2 is 1.74 bits per heavy atom. The third-order valence-electron chi connectivity index (χ3n) is 6.04. The van der Waals surface area contributed by atoms with Crippen molar-refractivity contribution in [2.75, 3.05) is 39.8 Å². The van der Waals surface area contributed by atoms with Crippen molar-refractivity contribution in [1.82, 2.24) is 9.21 Å². The molecular weight excluding hydrogens is 527 g/mol. The Balaban J connectivity index is 1.44. The number of methoxy groups -OCH3 is 1. The zero-order valence-corrected chi connectivity index (χ0v) is 22.8. The SMILES string of the molecule is COc1cccc([C@@H](CN2CCN(S(=O)(=O)c3cc(Cl)sc3Cl)CC2)OCc2ccc(C)cc2)c1. The molecule has 0 N–H and O–H groups in total. The lowest BCUT2D eigenvalue weighted by Crippen LogP contribution is -2.49. The molecule has 2 aromatic carbocycles. The summed E-state index contributed by atoms with van der Waals surface area (Å²) in [6, 6.07) is 17.6. The summed E-state index contributed by atoms with van der Waals surface area (Å²) in [4.78, 5) is 2.31. The van der Waals surface area contributed by atoms with E-state index in [0.29, 0.717) is 43.7 Å². The van der Waals surface area contributed by atoms with E-state index in [1.165, 1.54) is 15.9 Å². The average Bonchev–Trinajstić information content (AvgIpc) is 3.21. The lowest BCUT2D eigenvalue weighted by molar-refractivity contribution is 0.00763. The quantitative estimate of drug-likeness (QED) is 0.342. The number of benzene rings is 2. The van der Waals surface area contributed by atoms with Crippen LogP contribution in [0.15, 0.2) is 59.5 Å². The first-order chi connectivity index (χ1) is 16.8. The van der Waals surface area contributed by atoms with Crippen LogP contribution in [0.3, 0.4) is 0 Å². The van der Waals surface area contributed by atoms with Crippen LogP contribution in [0.2, 0.25) is 8.67 Å². The Labute approximate surface area is 221 Å². The Hall–Kier alpha value is -1.65. The topological polar surface area (TPSA) is 59.1 Å². The summed E-state index contributed by atoms with van der Waals surface area (Å²) in [5.74, 6) is 0.772. The number of rotatable bonds is 9. The molecule has 1 fully saturated rings. The number of piperazine rings is 1. The number of halogens is 2. The zero-order valence-electron chi connectivity index (χ0n) is 19.6. The van der Waals surface area contributed by atoms with Crippen LogP contribution in [-0.2, 0) is 21.4 Å². The molecule has 4 rings (SSSR count). The molecule has 0 amide bonds. The molecule has 188 valence electrons. The Kier molecular flexibility index (Phi) is 8.76. The van der Waals surface area contributed by atoms with E-state index >= 15 is 0 Å². The van der Waals surface area contributed by atoms with Gasteiger partial charge in [0.05, 0.1) is 24.2 Å². The van der Waals surface area contributed by atoms with E-state index in [1.54, 1.807) is 7.11 Å². The van der Waals surface area contributed by atoms with Crippen LogP contribution in [0, 0.1) is 6.92 Å². The van der Waals surface area contributed by atoms with Gasteiger partial charge in [0.15, 0.2) is 0 Å². The first kappa shape index (κ1) is 26.4. The molecule has 10 heteroatoms. The lowest BCUT2D eigenvalue weighted by atomic mass is 10.1. The van der Waals surface area contributed by atoms with Crippen molar-refractivity contribution in [2.45, 2.75) is 24.5 Å². The van der Waals surface area contributed by atoms with Gasteiger partial charge in [0.2, 0.25) is 10.0 Å². The van der Waals surface area contributed by atoms with Gasteiger partial charge in [-0.3, -0.25) is 4.90 Å². The number of sulfonamides is 1. The molecule has 2 heterocycles. The van der Waals surface area contributed by atoms with Gasteiger partial charge in [-0.05, 0) is 36.2 Å². The highest BCUT2D eigenvalue weighted by Crippen LogP contribution is 2.36. The number of nitrogens with zero attached hydrogens (tertiary/aromatic N) is 2. The van der Waals surface area contributed by atoms with E-state index in [2.05, 4.69) is 36.1 Å². The molecule has 0 bridgehead atoms. The minimum atomic E-state index is -3.68. The molecule has 0 aliphatic carbocycles. The predicted octanol–water partition coefficient (Wildman–Crippen LogP) is 5.64. The molecule has 3 aromatic rings. The fourth-order valence-corrected chi connectivity index (χ4v) is 7.54. The fourth-order valence-electron chi connectivity index (χ4n) is 4.00. The van der Waals surface area contributed by atoms with Gasteiger partial charge in [0.1, 0.15) is 15.0 Å². The molecule has 0 spiro atoms. The van der Waals surface area contributed by atoms with Gasteiger partial charge in [0, 0.05) is 32.7 Å². The molecule has 1 atom stereocenters. The van der Waals surface area contributed by atoms with Crippen LogP contribution in [0.4, 0.5) is 0 Å². The summed E-state index contributed by atoms with van der Waals surface area (Å²) in [7, 11) is -2.04. The second kappa shape index (κ2) is 11.6. The van der Waals surface area contributed by atoms with E-state index < -0.39 is 10.0 Å². The summed E-state index contributed by atoms with van der Waals surface area (Å²) >= 11 is 13.2. The lowest BCUT2D eigenvalue weighted by Gasteiger charge is -2.35. The average molecular weight is 556 g/mol. The summed E-state index contributed by atoms with van der Waals surface area (Å²) in [6.07, 6.45) is -0.195. The molecule has 1 aliphatic heterocycles. The van der Waals surface area contributed by atoms with Crippen molar-refractivity contribution in [3.05, 3.63) is 80.0 Å². The third-order valence-corrected chi connectivity index (χ3v) is 9.69. The number of hydrogen-bond donors (Lipinski definition) is 0. The molecule has 1 saturated heterocycles. The van der Waals surface area contributed by atoms with E-state index in [1.807, 2.05) is 24.3 Å². The van der Waals surface area contributed by atoms with Gasteiger partial charge in [-0.15, -0.1) is 11.3 Å². The maximum atomic E-state index is 13.1. The summed E-state index contributed by atoms with van der Waals surface area (Å²) in [5, 5.41) is 0. The van der Waals surface area contributed by atoms with Crippen LogP contribution in [0.5, 0.6) is 5.75 Å². The predicted molar refractivity (Wildman–Crippen MR) is 141 cm³/mol. The minimum absolute atomic E-state index is 0.0818. The maximum absolute atomic E-state index is 13.1. The van der Waals surface area contributed by atoms with Gasteiger partial charge in [-0.25, -0.2) is 8.42 Å². The third kappa shape index (κ3) is 6.57. The smallest absolute Gasteiger partial charge is 0.245 e. The first-order valence-electron chi connectivity index (χ1n) is 11.2. The first-order valence-corrected chi connectivity index (χ1v) is 14.3. The van der Waals surface area contributed by atoms with Gasteiger partial charge in [-0.2, -0.15) is 4.31 Å². The summed E-state index contributed by atoms with van der Waals surface area (Å²) in [5.41, 5.74) is 3.33.